The van der Waals surface area contributed by atoms with Crippen LogP contribution in [0.25, 0.3) is 0 Å². The van der Waals surface area contributed by atoms with E-state index < -0.39 is 0 Å². The first kappa shape index (κ1) is 13.2. The molecule has 0 aromatic rings. The predicted octanol–water partition coefficient (Wildman–Crippen LogP) is 3.10. The van der Waals surface area contributed by atoms with Crippen molar-refractivity contribution >= 4 is 11.6 Å². The molecule has 1 rings (SSSR count). The van der Waals surface area contributed by atoms with Crippen LogP contribution >= 0.6 is 0 Å². The van der Waals surface area contributed by atoms with Gasteiger partial charge in [0.05, 0.1) is 0 Å². The van der Waals surface area contributed by atoms with Crippen molar-refractivity contribution in [3.63, 3.8) is 0 Å². The molecule has 0 aromatic carbocycles. The second-order valence-corrected chi connectivity index (χ2v) is 5.99. The van der Waals surface area contributed by atoms with E-state index in [2.05, 4.69) is 31.3 Å². The highest BCUT2D eigenvalue weighted by Gasteiger charge is 2.25. The number of hydrazone groups is 1. The molecule has 1 fully saturated rings. The number of amides is 1. The van der Waals surface area contributed by atoms with Crippen LogP contribution in [0.4, 0.5) is 0 Å². The Labute approximate surface area is 98.7 Å². The molecule has 92 valence electrons. The Morgan fingerprint density at radius 1 is 1.31 bits per heavy atom. The van der Waals surface area contributed by atoms with Crippen LogP contribution in [0.3, 0.4) is 0 Å². The first-order valence-corrected chi connectivity index (χ1v) is 6.21. The third kappa shape index (κ3) is 4.77. The molecule has 1 aliphatic carbocycles. The molecule has 3 heteroatoms. The van der Waals surface area contributed by atoms with Crippen LogP contribution in [0.15, 0.2) is 5.10 Å². The molecule has 0 atom stereocenters. The number of rotatable bonds is 3. The van der Waals surface area contributed by atoms with Gasteiger partial charge in [0.1, 0.15) is 0 Å². The molecule has 1 amide bonds. The predicted molar refractivity (Wildman–Crippen MR) is 67.3 cm³/mol. The lowest BCUT2D eigenvalue weighted by Gasteiger charge is -2.22. The van der Waals surface area contributed by atoms with Crippen molar-refractivity contribution in [1.29, 1.82) is 0 Å². The van der Waals surface area contributed by atoms with Gasteiger partial charge in [-0.3, -0.25) is 4.79 Å². The van der Waals surface area contributed by atoms with Gasteiger partial charge in [-0.25, -0.2) is 5.43 Å². The molecule has 0 aliphatic heterocycles. The van der Waals surface area contributed by atoms with Crippen molar-refractivity contribution in [3.05, 3.63) is 0 Å². The van der Waals surface area contributed by atoms with Crippen molar-refractivity contribution in [2.75, 3.05) is 0 Å². The topological polar surface area (TPSA) is 41.5 Å². The quantitative estimate of drug-likeness (QED) is 0.581. The molecule has 0 heterocycles. The third-order valence-electron chi connectivity index (χ3n) is 2.89. The molecule has 16 heavy (non-hydrogen) atoms. The summed E-state index contributed by atoms with van der Waals surface area (Å²) in [4.78, 5) is 10.9. The van der Waals surface area contributed by atoms with Gasteiger partial charge in [0.15, 0.2) is 0 Å². The van der Waals surface area contributed by atoms with Gasteiger partial charge in [0.25, 0.3) is 0 Å². The molecular formula is C13H24N2O. The maximum atomic E-state index is 10.9. The molecule has 0 unspecified atom stereocenters. The fraction of sp³-hybridized carbons (Fsp3) is 0.846. The van der Waals surface area contributed by atoms with E-state index >= 15 is 0 Å². The van der Waals surface area contributed by atoms with Crippen LogP contribution in [-0.4, -0.2) is 11.6 Å². The van der Waals surface area contributed by atoms with Crippen molar-refractivity contribution in [1.82, 2.24) is 5.43 Å². The van der Waals surface area contributed by atoms with Gasteiger partial charge in [-0.15, -0.1) is 0 Å². The van der Waals surface area contributed by atoms with E-state index in [-0.39, 0.29) is 11.3 Å². The zero-order valence-corrected chi connectivity index (χ0v) is 11.0. The highest BCUT2D eigenvalue weighted by Crippen LogP contribution is 2.31. The Kier molecular flexibility index (Phi) is 4.51. The summed E-state index contributed by atoms with van der Waals surface area (Å²) in [7, 11) is 0. The molecule has 0 spiro atoms. The SMILES string of the molecule is CC(=O)NN=C(CC(C)(C)C)C1CCCC1. The highest BCUT2D eigenvalue weighted by atomic mass is 16.2. The minimum Gasteiger partial charge on any atom is -0.274 e. The lowest BCUT2D eigenvalue weighted by Crippen LogP contribution is -2.24. The summed E-state index contributed by atoms with van der Waals surface area (Å²) in [6.07, 6.45) is 6.03. The summed E-state index contributed by atoms with van der Waals surface area (Å²) in [6.45, 7) is 8.15. The Morgan fingerprint density at radius 3 is 2.31 bits per heavy atom. The molecule has 0 bridgehead atoms. The average molecular weight is 224 g/mol. The Bertz CT molecular complexity index is 270. The fourth-order valence-corrected chi connectivity index (χ4v) is 2.23. The van der Waals surface area contributed by atoms with Crippen LogP contribution in [0.5, 0.6) is 0 Å². The highest BCUT2D eigenvalue weighted by molar-refractivity contribution is 5.88. The van der Waals surface area contributed by atoms with E-state index in [0.717, 1.165) is 6.42 Å². The summed E-state index contributed by atoms with van der Waals surface area (Å²) in [6, 6.07) is 0. The van der Waals surface area contributed by atoms with E-state index in [1.807, 2.05) is 0 Å². The lowest BCUT2D eigenvalue weighted by molar-refractivity contribution is -0.118. The number of carbonyl (C=O) groups excluding carboxylic acids is 1. The maximum Gasteiger partial charge on any atom is 0.236 e. The van der Waals surface area contributed by atoms with Gasteiger partial charge < -0.3 is 0 Å². The van der Waals surface area contributed by atoms with E-state index in [9.17, 15) is 4.79 Å². The van der Waals surface area contributed by atoms with Gasteiger partial charge in [-0.1, -0.05) is 33.6 Å². The maximum absolute atomic E-state index is 10.9. The average Bonchev–Trinajstić information content (AvgIpc) is 2.62. The second kappa shape index (κ2) is 5.46. The minimum atomic E-state index is -0.0793. The lowest BCUT2D eigenvalue weighted by atomic mass is 9.84. The first-order chi connectivity index (χ1) is 7.38. The van der Waals surface area contributed by atoms with Crippen LogP contribution in [-0.2, 0) is 4.79 Å². The van der Waals surface area contributed by atoms with Gasteiger partial charge in [0, 0.05) is 12.6 Å². The number of nitrogens with one attached hydrogen (secondary N) is 1. The van der Waals surface area contributed by atoms with Gasteiger partial charge in [-0.2, -0.15) is 5.10 Å². The molecule has 1 aliphatic rings. The van der Waals surface area contributed by atoms with Crippen LogP contribution < -0.4 is 5.43 Å². The van der Waals surface area contributed by atoms with E-state index in [0.29, 0.717) is 5.92 Å². The normalized spacial score (nSPS) is 18.9. The van der Waals surface area contributed by atoms with E-state index in [4.69, 9.17) is 0 Å². The van der Waals surface area contributed by atoms with Crippen molar-refractivity contribution in [2.45, 2.75) is 59.8 Å². The molecule has 0 saturated heterocycles. The Balaban J connectivity index is 2.67. The van der Waals surface area contributed by atoms with Gasteiger partial charge in [-0.05, 0) is 30.6 Å². The van der Waals surface area contributed by atoms with Crippen LogP contribution in [0.1, 0.15) is 59.8 Å². The van der Waals surface area contributed by atoms with Gasteiger partial charge >= 0.3 is 0 Å². The zero-order chi connectivity index (χ0) is 12.2. The zero-order valence-electron chi connectivity index (χ0n) is 11.0. The summed E-state index contributed by atoms with van der Waals surface area (Å²) in [5, 5.41) is 4.31. The minimum absolute atomic E-state index is 0.0793. The van der Waals surface area contributed by atoms with Crippen LogP contribution in [0.2, 0.25) is 0 Å². The largest absolute Gasteiger partial charge is 0.274 e. The summed E-state index contributed by atoms with van der Waals surface area (Å²) < 4.78 is 0. The number of nitrogens with zero attached hydrogens (tertiary/aromatic N) is 1. The van der Waals surface area contributed by atoms with Crippen molar-refractivity contribution in [2.24, 2.45) is 16.4 Å². The monoisotopic (exact) mass is 224 g/mol. The smallest absolute Gasteiger partial charge is 0.236 e. The first-order valence-electron chi connectivity index (χ1n) is 6.21. The Morgan fingerprint density at radius 2 is 1.88 bits per heavy atom. The van der Waals surface area contributed by atoms with E-state index in [1.54, 1.807) is 0 Å². The molecule has 3 nitrogen and oxygen atoms in total. The number of carbonyl (C=O) groups is 1. The molecule has 1 saturated carbocycles. The summed E-state index contributed by atoms with van der Waals surface area (Å²) in [5.41, 5.74) is 4.01. The number of hydrogen-bond donors (Lipinski definition) is 1. The fourth-order valence-electron chi connectivity index (χ4n) is 2.23. The standard InChI is InChI=1S/C13H24N2O/c1-10(16)14-15-12(9-13(2,3)4)11-7-5-6-8-11/h11H,5-9H2,1-4H3,(H,14,16). The van der Waals surface area contributed by atoms with Crippen molar-refractivity contribution in [3.8, 4) is 0 Å². The Hall–Kier alpha value is -0.860. The van der Waals surface area contributed by atoms with Crippen LogP contribution in [0, 0.1) is 11.3 Å². The number of hydrogen-bond acceptors (Lipinski definition) is 2. The van der Waals surface area contributed by atoms with Gasteiger partial charge in [0.2, 0.25) is 5.91 Å². The molecule has 0 radical (unpaired) electrons. The summed E-state index contributed by atoms with van der Waals surface area (Å²) >= 11 is 0. The molecule has 0 aromatic heterocycles. The van der Waals surface area contributed by atoms with Crippen molar-refractivity contribution < 1.29 is 4.79 Å². The molecule has 1 N–H and O–H groups in total. The second-order valence-electron chi connectivity index (χ2n) is 5.99. The third-order valence-corrected chi connectivity index (χ3v) is 2.89. The van der Waals surface area contributed by atoms with E-state index in [1.165, 1.54) is 38.3 Å². The summed E-state index contributed by atoms with van der Waals surface area (Å²) in [5.74, 6) is 0.510. The molecular weight excluding hydrogens is 200 g/mol.